The van der Waals surface area contributed by atoms with Gasteiger partial charge in [-0.15, -0.1) is 0 Å². The fourth-order valence-electron chi connectivity index (χ4n) is 2.15. The number of rotatable bonds is 4. The number of halogens is 1. The van der Waals surface area contributed by atoms with Gasteiger partial charge in [0.05, 0.1) is 0 Å². The fourth-order valence-corrected chi connectivity index (χ4v) is 2.15. The van der Waals surface area contributed by atoms with Crippen LogP contribution in [0.4, 0.5) is 4.39 Å². The highest BCUT2D eigenvalue weighted by Gasteiger charge is 2.33. The second-order valence-corrected chi connectivity index (χ2v) is 4.47. The van der Waals surface area contributed by atoms with Gasteiger partial charge in [0.25, 0.3) is 0 Å². The molecule has 82 valence electrons. The van der Waals surface area contributed by atoms with E-state index in [1.54, 1.807) is 0 Å². The lowest BCUT2D eigenvalue weighted by Gasteiger charge is -2.42. The fraction of sp³-hybridized carbons (Fsp3) is 0.538. The van der Waals surface area contributed by atoms with E-state index in [1.807, 2.05) is 12.1 Å². The Kier molecular flexibility index (Phi) is 3.06. The summed E-state index contributed by atoms with van der Waals surface area (Å²) in [6, 6.07) is 6.75. The maximum atomic E-state index is 12.7. The third kappa shape index (κ3) is 2.37. The van der Waals surface area contributed by atoms with Crippen LogP contribution >= 0.6 is 0 Å². The maximum Gasteiger partial charge on any atom is 0.123 e. The highest BCUT2D eigenvalue weighted by molar-refractivity contribution is 5.16. The summed E-state index contributed by atoms with van der Waals surface area (Å²) in [6.45, 7) is 3.09. The van der Waals surface area contributed by atoms with Crippen LogP contribution in [0.2, 0.25) is 0 Å². The third-order valence-electron chi connectivity index (χ3n) is 3.57. The Morgan fingerprint density at radius 3 is 2.40 bits per heavy atom. The van der Waals surface area contributed by atoms with Gasteiger partial charge in [0.1, 0.15) is 5.82 Å². The van der Waals surface area contributed by atoms with Crippen molar-refractivity contribution in [1.82, 2.24) is 5.32 Å². The van der Waals surface area contributed by atoms with Crippen molar-refractivity contribution in [2.45, 2.75) is 44.7 Å². The van der Waals surface area contributed by atoms with Crippen LogP contribution in [0.5, 0.6) is 0 Å². The molecule has 0 unspecified atom stereocenters. The summed E-state index contributed by atoms with van der Waals surface area (Å²) < 4.78 is 12.7. The van der Waals surface area contributed by atoms with Crippen LogP contribution < -0.4 is 5.32 Å². The topological polar surface area (TPSA) is 12.0 Å². The van der Waals surface area contributed by atoms with Crippen molar-refractivity contribution in [3.63, 3.8) is 0 Å². The van der Waals surface area contributed by atoms with E-state index in [2.05, 4.69) is 12.2 Å². The zero-order valence-corrected chi connectivity index (χ0v) is 9.22. The molecule has 0 aliphatic heterocycles. The monoisotopic (exact) mass is 207 g/mol. The molecule has 1 N–H and O–H groups in total. The molecular weight excluding hydrogens is 189 g/mol. The normalized spacial score (nSPS) is 18.5. The molecule has 0 spiro atoms. The minimum atomic E-state index is -0.160. The summed E-state index contributed by atoms with van der Waals surface area (Å²) in [5.41, 5.74) is 1.53. The van der Waals surface area contributed by atoms with E-state index in [9.17, 15) is 4.39 Å². The molecule has 1 saturated carbocycles. The van der Waals surface area contributed by atoms with Crippen molar-refractivity contribution in [2.24, 2.45) is 0 Å². The quantitative estimate of drug-likeness (QED) is 0.799. The first-order valence-electron chi connectivity index (χ1n) is 5.74. The SMILES string of the molecule is CCC1(NCc2ccc(F)cc2)CCC1. The summed E-state index contributed by atoms with van der Waals surface area (Å²) in [7, 11) is 0. The Labute approximate surface area is 90.7 Å². The largest absolute Gasteiger partial charge is 0.307 e. The van der Waals surface area contributed by atoms with Gasteiger partial charge in [-0.2, -0.15) is 0 Å². The van der Waals surface area contributed by atoms with Gasteiger partial charge in [-0.3, -0.25) is 0 Å². The second kappa shape index (κ2) is 4.31. The Morgan fingerprint density at radius 1 is 1.27 bits per heavy atom. The molecule has 1 aromatic rings. The highest BCUT2D eigenvalue weighted by Crippen LogP contribution is 2.34. The molecule has 1 nitrogen and oxygen atoms in total. The lowest BCUT2D eigenvalue weighted by molar-refractivity contribution is 0.175. The van der Waals surface area contributed by atoms with E-state index >= 15 is 0 Å². The summed E-state index contributed by atoms with van der Waals surface area (Å²) in [5, 5.41) is 3.60. The molecular formula is C13H18FN. The average molecular weight is 207 g/mol. The van der Waals surface area contributed by atoms with Crippen LogP contribution in [0.1, 0.15) is 38.2 Å². The molecule has 0 bridgehead atoms. The van der Waals surface area contributed by atoms with E-state index in [-0.39, 0.29) is 5.82 Å². The van der Waals surface area contributed by atoms with Crippen molar-refractivity contribution in [3.05, 3.63) is 35.6 Å². The van der Waals surface area contributed by atoms with Crippen molar-refractivity contribution in [2.75, 3.05) is 0 Å². The summed E-state index contributed by atoms with van der Waals surface area (Å²) >= 11 is 0. The summed E-state index contributed by atoms with van der Waals surface area (Å²) in [6.07, 6.45) is 5.09. The van der Waals surface area contributed by atoms with E-state index < -0.39 is 0 Å². The van der Waals surface area contributed by atoms with Crippen LogP contribution in [0, 0.1) is 5.82 Å². The van der Waals surface area contributed by atoms with Crippen molar-refractivity contribution < 1.29 is 4.39 Å². The first kappa shape index (κ1) is 10.6. The van der Waals surface area contributed by atoms with Crippen molar-refractivity contribution >= 4 is 0 Å². The van der Waals surface area contributed by atoms with E-state index in [1.165, 1.54) is 37.8 Å². The van der Waals surface area contributed by atoms with Crippen LogP contribution in [-0.4, -0.2) is 5.54 Å². The number of hydrogen-bond acceptors (Lipinski definition) is 1. The zero-order valence-electron chi connectivity index (χ0n) is 9.22. The smallest absolute Gasteiger partial charge is 0.123 e. The van der Waals surface area contributed by atoms with Gasteiger partial charge < -0.3 is 5.32 Å². The first-order chi connectivity index (χ1) is 7.24. The molecule has 0 radical (unpaired) electrons. The Hall–Kier alpha value is -0.890. The van der Waals surface area contributed by atoms with E-state index in [0.29, 0.717) is 5.54 Å². The van der Waals surface area contributed by atoms with Gasteiger partial charge in [-0.1, -0.05) is 19.1 Å². The molecule has 0 amide bonds. The molecule has 15 heavy (non-hydrogen) atoms. The molecule has 1 fully saturated rings. The summed E-state index contributed by atoms with van der Waals surface area (Å²) in [5.74, 6) is -0.160. The minimum absolute atomic E-state index is 0.160. The molecule has 2 rings (SSSR count). The summed E-state index contributed by atoms with van der Waals surface area (Å²) in [4.78, 5) is 0. The molecule has 0 aromatic heterocycles. The molecule has 1 aromatic carbocycles. The van der Waals surface area contributed by atoms with Crippen LogP contribution in [0.25, 0.3) is 0 Å². The maximum absolute atomic E-state index is 12.7. The number of hydrogen-bond donors (Lipinski definition) is 1. The predicted molar refractivity (Wildman–Crippen MR) is 60.1 cm³/mol. The Bertz CT molecular complexity index is 308. The molecule has 0 saturated heterocycles. The van der Waals surface area contributed by atoms with E-state index in [4.69, 9.17) is 0 Å². The van der Waals surface area contributed by atoms with Gasteiger partial charge in [-0.25, -0.2) is 4.39 Å². The van der Waals surface area contributed by atoms with E-state index in [0.717, 1.165) is 12.1 Å². The lowest BCUT2D eigenvalue weighted by Crippen LogP contribution is -2.49. The Balaban J connectivity index is 1.90. The molecule has 0 atom stereocenters. The van der Waals surface area contributed by atoms with Crippen LogP contribution in [0.15, 0.2) is 24.3 Å². The molecule has 1 aliphatic rings. The molecule has 2 heteroatoms. The average Bonchev–Trinajstić information content (AvgIpc) is 2.20. The second-order valence-electron chi connectivity index (χ2n) is 4.47. The first-order valence-corrected chi connectivity index (χ1v) is 5.74. The lowest BCUT2D eigenvalue weighted by atomic mass is 9.75. The van der Waals surface area contributed by atoms with Crippen LogP contribution in [0.3, 0.4) is 0 Å². The Morgan fingerprint density at radius 2 is 1.93 bits per heavy atom. The van der Waals surface area contributed by atoms with Gasteiger partial charge in [0.2, 0.25) is 0 Å². The minimum Gasteiger partial charge on any atom is -0.307 e. The van der Waals surface area contributed by atoms with Gasteiger partial charge in [-0.05, 0) is 43.4 Å². The van der Waals surface area contributed by atoms with Gasteiger partial charge >= 0.3 is 0 Å². The third-order valence-corrected chi connectivity index (χ3v) is 3.57. The van der Waals surface area contributed by atoms with Gasteiger partial charge in [0.15, 0.2) is 0 Å². The van der Waals surface area contributed by atoms with Crippen molar-refractivity contribution in [1.29, 1.82) is 0 Å². The standard InChI is InChI=1S/C13H18FN/c1-2-13(8-3-9-13)15-10-11-4-6-12(14)7-5-11/h4-7,15H,2-3,8-10H2,1H3. The number of nitrogens with one attached hydrogen (secondary N) is 1. The van der Waals surface area contributed by atoms with Crippen molar-refractivity contribution in [3.8, 4) is 0 Å². The predicted octanol–water partition coefficient (Wildman–Crippen LogP) is 3.25. The van der Waals surface area contributed by atoms with Crippen LogP contribution in [-0.2, 0) is 6.54 Å². The van der Waals surface area contributed by atoms with Gasteiger partial charge in [0, 0.05) is 12.1 Å². The zero-order chi connectivity index (χ0) is 10.7. The molecule has 0 heterocycles. The molecule has 1 aliphatic carbocycles. The highest BCUT2D eigenvalue weighted by atomic mass is 19.1. The number of benzene rings is 1.